The van der Waals surface area contributed by atoms with Crippen LogP contribution in [-0.4, -0.2) is 74.2 Å². The third-order valence-electron chi connectivity index (χ3n) is 6.47. The fraction of sp³-hybridized carbons (Fsp3) is 0.538. The lowest BCUT2D eigenvalue weighted by molar-refractivity contribution is -0.143. The normalized spacial score (nSPS) is 19.1. The quantitative estimate of drug-likeness (QED) is 0.136. The summed E-state index contributed by atoms with van der Waals surface area (Å²) in [5, 5.41) is 15.9. The van der Waals surface area contributed by atoms with Crippen LogP contribution in [0.2, 0.25) is 0 Å². The Bertz CT molecular complexity index is 1140. The Kier molecular flexibility index (Phi) is 12.3. The molecule has 0 bridgehead atoms. The molecule has 0 saturated carbocycles. The number of hydrogen-bond donors (Lipinski definition) is 6. The second-order valence-corrected chi connectivity index (χ2v) is 11.0. The monoisotopic (exact) mass is 582 g/mol. The summed E-state index contributed by atoms with van der Waals surface area (Å²) in [6, 6.07) is 3.32. The van der Waals surface area contributed by atoms with E-state index in [1.165, 1.54) is 35.2 Å². The maximum atomic E-state index is 13.5. The van der Waals surface area contributed by atoms with E-state index in [1.54, 1.807) is 13.8 Å². The minimum atomic E-state index is -4.69. The van der Waals surface area contributed by atoms with Crippen molar-refractivity contribution in [2.45, 2.75) is 83.5 Å². The molecule has 0 aromatic heterocycles. The van der Waals surface area contributed by atoms with Gasteiger partial charge in [-0.05, 0) is 56.4 Å². The molecular weight excluding hydrogens is 543 g/mol. The Labute approximate surface area is 233 Å². The zero-order valence-corrected chi connectivity index (χ0v) is 23.8. The molecule has 7 N–H and O–H groups in total. The molecule has 1 fully saturated rings. The van der Waals surface area contributed by atoms with E-state index in [1.807, 2.05) is 6.92 Å². The van der Waals surface area contributed by atoms with Gasteiger partial charge in [-0.25, -0.2) is 4.57 Å². The van der Waals surface area contributed by atoms with Crippen LogP contribution in [-0.2, 0) is 23.7 Å². The summed E-state index contributed by atoms with van der Waals surface area (Å²) in [7, 11) is -4.69. The number of aliphatic hydroxyl groups is 1. The highest BCUT2D eigenvalue weighted by molar-refractivity contribution is 7.46. The van der Waals surface area contributed by atoms with Crippen LogP contribution in [0.1, 0.15) is 64.9 Å². The van der Waals surface area contributed by atoms with E-state index < -0.39 is 55.7 Å². The second-order valence-electron chi connectivity index (χ2n) is 9.88. The molecule has 1 aromatic rings. The average molecular weight is 583 g/mol. The molecule has 1 aliphatic heterocycles. The number of carbonyl (C=O) groups is 4. The Morgan fingerprint density at radius 2 is 1.82 bits per heavy atom. The van der Waals surface area contributed by atoms with Gasteiger partial charge in [-0.2, -0.15) is 0 Å². The van der Waals surface area contributed by atoms with Crippen LogP contribution in [0.25, 0.3) is 5.57 Å². The van der Waals surface area contributed by atoms with Gasteiger partial charge in [-0.3, -0.25) is 29.0 Å². The summed E-state index contributed by atoms with van der Waals surface area (Å²) in [6.45, 7) is 5.45. The van der Waals surface area contributed by atoms with Crippen LogP contribution < -0.4 is 20.9 Å². The number of allylic oxidation sites excluding steroid dienone is 1. The van der Waals surface area contributed by atoms with Gasteiger partial charge in [0.25, 0.3) is 0 Å². The second kappa shape index (κ2) is 14.9. The molecule has 0 radical (unpaired) electrons. The van der Waals surface area contributed by atoms with E-state index in [9.17, 15) is 28.8 Å². The first-order valence-electron chi connectivity index (χ1n) is 13.1. The Balaban J connectivity index is 2.13. The Morgan fingerprint density at radius 1 is 1.18 bits per heavy atom. The summed E-state index contributed by atoms with van der Waals surface area (Å²) in [6.07, 6.45) is 2.56. The number of nitrogens with one attached hydrogen (secondary N) is 2. The molecule has 1 aromatic carbocycles. The number of primary amides is 1. The predicted molar refractivity (Wildman–Crippen MR) is 146 cm³/mol. The Morgan fingerprint density at radius 3 is 2.40 bits per heavy atom. The van der Waals surface area contributed by atoms with Crippen molar-refractivity contribution in [1.82, 2.24) is 15.5 Å². The molecule has 4 unspecified atom stereocenters. The van der Waals surface area contributed by atoms with Crippen molar-refractivity contribution in [2.75, 3.05) is 6.54 Å². The van der Waals surface area contributed by atoms with E-state index in [0.717, 1.165) is 6.42 Å². The number of carbonyl (C=O) groups excluding carboxylic acids is 4. The maximum absolute atomic E-state index is 13.5. The van der Waals surface area contributed by atoms with Gasteiger partial charge in [0.05, 0.1) is 6.10 Å². The van der Waals surface area contributed by atoms with E-state index in [2.05, 4.69) is 15.2 Å². The molecule has 1 saturated heterocycles. The van der Waals surface area contributed by atoms with Crippen molar-refractivity contribution in [3.63, 3.8) is 0 Å². The molecule has 1 heterocycles. The SMILES string of the molecule is CCCCC(NC(=O)/C=C(\C)c1ccc(OP(=O)(O)O)cc1)C(=O)N1CCC(O)C1C(=O)NC(C)CCC(N)=O. The van der Waals surface area contributed by atoms with Crippen LogP contribution in [0.15, 0.2) is 30.3 Å². The van der Waals surface area contributed by atoms with Gasteiger partial charge < -0.3 is 30.9 Å². The highest BCUT2D eigenvalue weighted by Gasteiger charge is 2.43. The number of nitrogens with zero attached hydrogens (tertiary/aromatic N) is 1. The molecule has 0 spiro atoms. The number of rotatable bonds is 14. The lowest BCUT2D eigenvalue weighted by Gasteiger charge is -2.30. The molecule has 1 aliphatic rings. The van der Waals surface area contributed by atoms with Gasteiger partial charge in [0.2, 0.25) is 23.6 Å². The summed E-state index contributed by atoms with van der Waals surface area (Å²) < 4.78 is 15.5. The van der Waals surface area contributed by atoms with E-state index >= 15 is 0 Å². The molecule has 4 amide bonds. The fourth-order valence-corrected chi connectivity index (χ4v) is 4.77. The van der Waals surface area contributed by atoms with Crippen molar-refractivity contribution in [1.29, 1.82) is 0 Å². The molecular formula is C26H39N4O9P. The van der Waals surface area contributed by atoms with Crippen molar-refractivity contribution in [2.24, 2.45) is 5.73 Å². The Hall–Kier alpha value is -3.25. The third kappa shape index (κ3) is 10.4. The molecule has 14 heteroatoms. The summed E-state index contributed by atoms with van der Waals surface area (Å²) in [5.41, 5.74) is 6.29. The van der Waals surface area contributed by atoms with Crippen LogP contribution in [0.3, 0.4) is 0 Å². The van der Waals surface area contributed by atoms with Crippen LogP contribution in [0.5, 0.6) is 5.75 Å². The van der Waals surface area contributed by atoms with E-state index in [0.29, 0.717) is 30.4 Å². The number of benzene rings is 1. The third-order valence-corrected chi connectivity index (χ3v) is 6.92. The van der Waals surface area contributed by atoms with E-state index in [4.69, 9.17) is 15.5 Å². The topological polar surface area (TPSA) is 209 Å². The van der Waals surface area contributed by atoms with Crippen LogP contribution in [0, 0.1) is 0 Å². The van der Waals surface area contributed by atoms with Gasteiger partial charge in [0.15, 0.2) is 0 Å². The average Bonchev–Trinajstić information content (AvgIpc) is 3.25. The van der Waals surface area contributed by atoms with Crippen LogP contribution in [0.4, 0.5) is 0 Å². The van der Waals surface area contributed by atoms with Crippen molar-refractivity contribution in [3.8, 4) is 5.75 Å². The first-order chi connectivity index (χ1) is 18.7. The zero-order chi connectivity index (χ0) is 30.0. The molecule has 222 valence electrons. The van der Waals surface area contributed by atoms with Gasteiger partial charge in [-0.15, -0.1) is 0 Å². The number of nitrogens with two attached hydrogens (primary N) is 1. The fourth-order valence-electron chi connectivity index (χ4n) is 4.37. The number of aliphatic hydroxyl groups excluding tert-OH is 1. The molecule has 2 rings (SSSR count). The van der Waals surface area contributed by atoms with Crippen molar-refractivity contribution >= 4 is 37.0 Å². The van der Waals surface area contributed by atoms with E-state index in [-0.39, 0.29) is 25.1 Å². The maximum Gasteiger partial charge on any atom is 0.524 e. The largest absolute Gasteiger partial charge is 0.524 e. The minimum Gasteiger partial charge on any atom is -0.404 e. The van der Waals surface area contributed by atoms with Crippen molar-refractivity contribution in [3.05, 3.63) is 35.9 Å². The number of unbranched alkanes of at least 4 members (excludes halogenated alkanes) is 1. The van der Waals surface area contributed by atoms with Crippen molar-refractivity contribution < 1.29 is 43.2 Å². The summed E-state index contributed by atoms with van der Waals surface area (Å²) in [5.74, 6) is -2.09. The summed E-state index contributed by atoms with van der Waals surface area (Å²) in [4.78, 5) is 69.5. The number of hydrogen-bond acceptors (Lipinski definition) is 7. The standard InChI is InChI=1S/C26H39N4O9P/c1-4-5-6-20(29-23(33)15-16(2)18-8-10-19(11-9-18)39-40(36,37)38)26(35)30-14-13-21(31)24(30)25(34)28-17(3)7-12-22(27)32/h8-11,15,17,20-21,24,31H,4-7,12-14H2,1-3H3,(H2,27,32)(H,28,34)(H,29,33)(H2,36,37,38)/b16-15+. The van der Waals surface area contributed by atoms with Gasteiger partial charge >= 0.3 is 7.82 Å². The smallest absolute Gasteiger partial charge is 0.404 e. The molecule has 13 nitrogen and oxygen atoms in total. The number of amides is 4. The predicted octanol–water partition coefficient (Wildman–Crippen LogP) is 0.968. The van der Waals surface area contributed by atoms with Gasteiger partial charge in [-0.1, -0.05) is 31.9 Å². The summed E-state index contributed by atoms with van der Waals surface area (Å²) >= 11 is 0. The molecule has 40 heavy (non-hydrogen) atoms. The minimum absolute atomic E-state index is 0.0341. The lowest BCUT2D eigenvalue weighted by Crippen LogP contribution is -2.56. The molecule has 4 atom stereocenters. The number of phosphoric ester groups is 1. The van der Waals surface area contributed by atoms with Gasteiger partial charge in [0, 0.05) is 25.1 Å². The highest BCUT2D eigenvalue weighted by Crippen LogP contribution is 2.37. The van der Waals surface area contributed by atoms with Gasteiger partial charge in [0.1, 0.15) is 17.8 Å². The zero-order valence-electron chi connectivity index (χ0n) is 22.9. The van der Waals surface area contributed by atoms with Crippen LogP contribution >= 0.6 is 7.82 Å². The molecule has 0 aliphatic carbocycles. The highest BCUT2D eigenvalue weighted by atomic mass is 31.2. The number of likely N-dealkylation sites (tertiary alicyclic amines) is 1. The number of phosphoric acid groups is 1. The lowest BCUT2D eigenvalue weighted by atomic mass is 10.0. The first-order valence-corrected chi connectivity index (χ1v) is 14.7. The first kappa shape index (κ1) is 33.0.